The Morgan fingerprint density at radius 3 is 2.31 bits per heavy atom. The van der Waals surface area contributed by atoms with Crippen LogP contribution < -0.4 is 0 Å². The van der Waals surface area contributed by atoms with Gasteiger partial charge in [0.15, 0.2) is 0 Å². The van der Waals surface area contributed by atoms with E-state index < -0.39 is 0 Å². The zero-order valence-electron chi connectivity index (χ0n) is 10.7. The lowest BCUT2D eigenvalue weighted by atomic mass is 9.77. The third-order valence-electron chi connectivity index (χ3n) is 5.42. The molecule has 3 fully saturated rings. The lowest BCUT2D eigenvalue weighted by Crippen LogP contribution is -2.44. The SMILES string of the molecule is CCN1CCC2(CC1)CCN(C1CCC1)C2. The van der Waals surface area contributed by atoms with Crippen molar-refractivity contribution in [3.63, 3.8) is 0 Å². The molecule has 2 nitrogen and oxygen atoms in total. The summed E-state index contributed by atoms with van der Waals surface area (Å²) in [4.78, 5) is 5.43. The van der Waals surface area contributed by atoms with Crippen LogP contribution in [0.2, 0.25) is 0 Å². The Labute approximate surface area is 100.0 Å². The second-order valence-corrected chi connectivity index (χ2v) is 6.24. The Bertz CT molecular complexity index is 239. The third kappa shape index (κ3) is 1.91. The predicted octanol–water partition coefficient (Wildman–Crippen LogP) is 2.35. The van der Waals surface area contributed by atoms with Crippen LogP contribution in [0.5, 0.6) is 0 Å². The molecule has 2 heteroatoms. The molecule has 3 rings (SSSR count). The smallest absolute Gasteiger partial charge is 0.00955 e. The second-order valence-electron chi connectivity index (χ2n) is 6.24. The van der Waals surface area contributed by atoms with E-state index in [2.05, 4.69) is 16.7 Å². The van der Waals surface area contributed by atoms with Crippen molar-refractivity contribution in [1.82, 2.24) is 9.80 Å². The molecule has 0 unspecified atom stereocenters. The number of nitrogens with zero attached hydrogens (tertiary/aromatic N) is 2. The predicted molar refractivity (Wildman–Crippen MR) is 67.6 cm³/mol. The standard InChI is InChI=1S/C14H26N2/c1-2-15-9-6-14(7-10-15)8-11-16(12-14)13-4-3-5-13/h13H,2-12H2,1H3. The van der Waals surface area contributed by atoms with E-state index in [-0.39, 0.29) is 0 Å². The van der Waals surface area contributed by atoms with Gasteiger partial charge < -0.3 is 4.90 Å². The fourth-order valence-corrected chi connectivity index (χ4v) is 3.78. The average Bonchev–Trinajstić information content (AvgIpc) is 2.61. The van der Waals surface area contributed by atoms with Crippen LogP contribution in [0.1, 0.15) is 45.4 Å². The minimum atomic E-state index is 0.723. The van der Waals surface area contributed by atoms with Crippen LogP contribution in [0.15, 0.2) is 0 Å². The van der Waals surface area contributed by atoms with Crippen molar-refractivity contribution in [2.24, 2.45) is 5.41 Å². The summed E-state index contributed by atoms with van der Waals surface area (Å²) >= 11 is 0. The van der Waals surface area contributed by atoms with Crippen molar-refractivity contribution < 1.29 is 0 Å². The third-order valence-corrected chi connectivity index (χ3v) is 5.42. The normalized spacial score (nSPS) is 32.1. The summed E-state index contributed by atoms with van der Waals surface area (Å²) in [6, 6.07) is 0.976. The molecule has 1 aliphatic carbocycles. The van der Waals surface area contributed by atoms with Crippen molar-refractivity contribution in [3.05, 3.63) is 0 Å². The molecule has 0 atom stereocenters. The maximum absolute atomic E-state index is 2.81. The zero-order valence-corrected chi connectivity index (χ0v) is 10.7. The first-order chi connectivity index (χ1) is 7.81. The summed E-state index contributed by atoms with van der Waals surface area (Å²) in [6.07, 6.45) is 8.86. The van der Waals surface area contributed by atoms with Crippen molar-refractivity contribution in [2.45, 2.75) is 51.5 Å². The first-order valence-corrected chi connectivity index (χ1v) is 7.28. The van der Waals surface area contributed by atoms with Gasteiger partial charge in [-0.2, -0.15) is 0 Å². The molecule has 1 saturated carbocycles. The van der Waals surface area contributed by atoms with Gasteiger partial charge in [-0.25, -0.2) is 0 Å². The van der Waals surface area contributed by atoms with Gasteiger partial charge in [0.25, 0.3) is 0 Å². The van der Waals surface area contributed by atoms with Gasteiger partial charge in [-0.05, 0) is 63.7 Å². The molecule has 0 amide bonds. The number of piperidine rings is 1. The van der Waals surface area contributed by atoms with E-state index >= 15 is 0 Å². The summed E-state index contributed by atoms with van der Waals surface area (Å²) in [5.41, 5.74) is 0.723. The first kappa shape index (κ1) is 11.0. The highest BCUT2D eigenvalue weighted by Crippen LogP contribution is 2.42. The lowest BCUT2D eigenvalue weighted by Gasteiger charge is -2.41. The highest BCUT2D eigenvalue weighted by atomic mass is 15.2. The maximum atomic E-state index is 2.81. The summed E-state index contributed by atoms with van der Waals surface area (Å²) in [5, 5.41) is 0. The molecule has 0 N–H and O–H groups in total. The molecule has 2 heterocycles. The Morgan fingerprint density at radius 1 is 1.06 bits per heavy atom. The van der Waals surface area contributed by atoms with Gasteiger partial charge in [0.1, 0.15) is 0 Å². The van der Waals surface area contributed by atoms with E-state index in [0.717, 1.165) is 11.5 Å². The number of hydrogen-bond acceptors (Lipinski definition) is 2. The summed E-state index contributed by atoms with van der Waals surface area (Å²) in [6.45, 7) is 9.09. The van der Waals surface area contributed by atoms with Crippen LogP contribution in [0.3, 0.4) is 0 Å². The Kier molecular flexibility index (Phi) is 2.97. The van der Waals surface area contributed by atoms with Crippen LogP contribution in [0, 0.1) is 5.41 Å². The van der Waals surface area contributed by atoms with Gasteiger partial charge in [-0.15, -0.1) is 0 Å². The number of hydrogen-bond donors (Lipinski definition) is 0. The minimum Gasteiger partial charge on any atom is -0.304 e. The highest BCUT2D eigenvalue weighted by molar-refractivity contribution is 4.96. The monoisotopic (exact) mass is 222 g/mol. The number of likely N-dealkylation sites (tertiary alicyclic amines) is 2. The summed E-state index contributed by atoms with van der Waals surface area (Å²) in [5.74, 6) is 0. The molecule has 1 spiro atoms. The zero-order chi connectivity index (χ0) is 11.0. The molecular weight excluding hydrogens is 196 g/mol. The van der Waals surface area contributed by atoms with E-state index in [1.807, 2.05) is 0 Å². The Morgan fingerprint density at radius 2 is 1.75 bits per heavy atom. The molecule has 0 bridgehead atoms. The molecule has 92 valence electrons. The summed E-state index contributed by atoms with van der Waals surface area (Å²) in [7, 11) is 0. The topological polar surface area (TPSA) is 6.48 Å². The van der Waals surface area contributed by atoms with E-state index in [1.54, 1.807) is 0 Å². The molecule has 0 aromatic heterocycles. The van der Waals surface area contributed by atoms with Crippen molar-refractivity contribution in [3.8, 4) is 0 Å². The van der Waals surface area contributed by atoms with Crippen LogP contribution in [-0.4, -0.2) is 48.6 Å². The van der Waals surface area contributed by atoms with Gasteiger partial charge in [-0.1, -0.05) is 13.3 Å². The molecule has 2 aliphatic heterocycles. The first-order valence-electron chi connectivity index (χ1n) is 7.28. The van der Waals surface area contributed by atoms with Gasteiger partial charge in [-0.3, -0.25) is 4.90 Å². The lowest BCUT2D eigenvalue weighted by molar-refractivity contribution is 0.0893. The fraction of sp³-hybridized carbons (Fsp3) is 1.00. The molecule has 0 aromatic carbocycles. The Balaban J connectivity index is 1.55. The van der Waals surface area contributed by atoms with Gasteiger partial charge in [0.05, 0.1) is 0 Å². The second kappa shape index (κ2) is 4.30. The van der Waals surface area contributed by atoms with Crippen LogP contribution >= 0.6 is 0 Å². The average molecular weight is 222 g/mol. The summed E-state index contributed by atoms with van der Waals surface area (Å²) < 4.78 is 0. The van der Waals surface area contributed by atoms with Crippen LogP contribution in [0.4, 0.5) is 0 Å². The quantitative estimate of drug-likeness (QED) is 0.707. The molecule has 16 heavy (non-hydrogen) atoms. The van der Waals surface area contributed by atoms with E-state index in [4.69, 9.17) is 0 Å². The van der Waals surface area contributed by atoms with Gasteiger partial charge >= 0.3 is 0 Å². The fourth-order valence-electron chi connectivity index (χ4n) is 3.78. The highest BCUT2D eigenvalue weighted by Gasteiger charge is 2.42. The van der Waals surface area contributed by atoms with Gasteiger partial charge in [0, 0.05) is 12.6 Å². The Hall–Kier alpha value is -0.0800. The minimum absolute atomic E-state index is 0.723. The molecule has 0 aromatic rings. The van der Waals surface area contributed by atoms with E-state index in [1.165, 1.54) is 71.2 Å². The maximum Gasteiger partial charge on any atom is 0.00955 e. The van der Waals surface area contributed by atoms with Gasteiger partial charge in [0.2, 0.25) is 0 Å². The van der Waals surface area contributed by atoms with Crippen molar-refractivity contribution in [1.29, 1.82) is 0 Å². The largest absolute Gasteiger partial charge is 0.304 e. The molecule has 0 radical (unpaired) electrons. The molecule has 2 saturated heterocycles. The molecular formula is C14H26N2. The molecule has 3 aliphatic rings. The van der Waals surface area contributed by atoms with Crippen molar-refractivity contribution >= 4 is 0 Å². The van der Waals surface area contributed by atoms with Crippen LogP contribution in [0.25, 0.3) is 0 Å². The van der Waals surface area contributed by atoms with E-state index in [9.17, 15) is 0 Å². The van der Waals surface area contributed by atoms with E-state index in [0.29, 0.717) is 0 Å². The number of rotatable bonds is 2. The van der Waals surface area contributed by atoms with Crippen molar-refractivity contribution in [2.75, 3.05) is 32.7 Å². The van der Waals surface area contributed by atoms with Crippen LogP contribution in [-0.2, 0) is 0 Å².